The molecule has 0 saturated carbocycles. The van der Waals surface area contributed by atoms with Gasteiger partial charge in [0, 0.05) is 20.0 Å². The molecule has 24 heavy (non-hydrogen) atoms. The minimum atomic E-state index is -0.313. The van der Waals surface area contributed by atoms with E-state index in [0.29, 0.717) is 25.0 Å². The van der Waals surface area contributed by atoms with Gasteiger partial charge in [-0.3, -0.25) is 4.79 Å². The van der Waals surface area contributed by atoms with Crippen molar-refractivity contribution in [1.82, 2.24) is 0 Å². The van der Waals surface area contributed by atoms with Gasteiger partial charge in [0.15, 0.2) is 0 Å². The Hall–Kier alpha value is -1.88. The van der Waals surface area contributed by atoms with Gasteiger partial charge in [0.05, 0.1) is 18.8 Å². The smallest absolute Gasteiger partial charge is 0.337 e. The van der Waals surface area contributed by atoms with Crippen LogP contribution in [0, 0.1) is 0 Å². The molecule has 0 spiro atoms. The molecule has 1 rings (SSSR count). The normalized spacial score (nSPS) is 17.8. The van der Waals surface area contributed by atoms with Crippen molar-refractivity contribution < 1.29 is 23.8 Å². The second-order valence-electron chi connectivity index (χ2n) is 5.76. The summed E-state index contributed by atoms with van der Waals surface area (Å²) in [7, 11) is 1.38. The first kappa shape index (κ1) is 20.2. The number of esters is 2. The maximum atomic E-state index is 11.4. The fraction of sp³-hybridized carbons (Fsp3) is 0.579. The van der Waals surface area contributed by atoms with E-state index in [-0.39, 0.29) is 24.1 Å². The maximum Gasteiger partial charge on any atom is 0.337 e. The second-order valence-corrected chi connectivity index (χ2v) is 5.76. The number of ether oxygens (including phenoxy) is 3. The summed E-state index contributed by atoms with van der Waals surface area (Å²) in [6.07, 6.45) is 12.4. The van der Waals surface area contributed by atoms with Crippen LogP contribution in [0.5, 0.6) is 0 Å². The SMILES string of the molecule is C=CCC(CCCCCOC1C=CC(C(=O)OC)=CC1)OC(C)=O. The monoisotopic (exact) mass is 336 g/mol. The lowest BCUT2D eigenvalue weighted by molar-refractivity contribution is -0.146. The Bertz CT molecular complexity index is 478. The molecular weight excluding hydrogens is 308 g/mol. The summed E-state index contributed by atoms with van der Waals surface area (Å²) in [4.78, 5) is 22.4. The molecule has 0 aromatic carbocycles. The van der Waals surface area contributed by atoms with E-state index < -0.39 is 0 Å². The molecule has 0 fully saturated rings. The third-order valence-corrected chi connectivity index (χ3v) is 3.75. The Morgan fingerprint density at radius 1 is 1.38 bits per heavy atom. The Labute approximate surface area is 144 Å². The molecule has 1 aliphatic carbocycles. The molecule has 2 unspecified atom stereocenters. The van der Waals surface area contributed by atoms with E-state index >= 15 is 0 Å². The van der Waals surface area contributed by atoms with E-state index in [1.807, 2.05) is 12.2 Å². The molecule has 0 radical (unpaired) electrons. The van der Waals surface area contributed by atoms with Crippen molar-refractivity contribution in [3.63, 3.8) is 0 Å². The lowest BCUT2D eigenvalue weighted by atomic mass is 10.1. The molecule has 0 heterocycles. The predicted octanol–water partition coefficient (Wildman–Crippen LogP) is 3.50. The average Bonchev–Trinajstić information content (AvgIpc) is 2.57. The number of carbonyl (C=O) groups excluding carboxylic acids is 2. The third-order valence-electron chi connectivity index (χ3n) is 3.75. The number of hydrogen-bond acceptors (Lipinski definition) is 5. The van der Waals surface area contributed by atoms with Gasteiger partial charge in [0.2, 0.25) is 0 Å². The first-order valence-electron chi connectivity index (χ1n) is 8.43. The van der Waals surface area contributed by atoms with Gasteiger partial charge >= 0.3 is 11.9 Å². The van der Waals surface area contributed by atoms with Crippen LogP contribution in [0.3, 0.4) is 0 Å². The van der Waals surface area contributed by atoms with Gasteiger partial charge in [-0.1, -0.05) is 24.6 Å². The Morgan fingerprint density at radius 2 is 2.17 bits per heavy atom. The summed E-state index contributed by atoms with van der Waals surface area (Å²) in [6, 6.07) is 0. The molecule has 5 nitrogen and oxygen atoms in total. The van der Waals surface area contributed by atoms with Crippen molar-refractivity contribution in [2.24, 2.45) is 0 Å². The first-order chi connectivity index (χ1) is 11.6. The highest BCUT2D eigenvalue weighted by Gasteiger charge is 2.14. The first-order valence-corrected chi connectivity index (χ1v) is 8.43. The van der Waals surface area contributed by atoms with Crippen LogP contribution in [-0.4, -0.2) is 37.9 Å². The largest absolute Gasteiger partial charge is 0.465 e. The van der Waals surface area contributed by atoms with Gasteiger partial charge in [-0.15, -0.1) is 6.58 Å². The van der Waals surface area contributed by atoms with E-state index in [1.165, 1.54) is 14.0 Å². The van der Waals surface area contributed by atoms with Gasteiger partial charge in [0.1, 0.15) is 6.10 Å². The molecule has 0 amide bonds. The maximum absolute atomic E-state index is 11.4. The van der Waals surface area contributed by atoms with Gasteiger partial charge < -0.3 is 14.2 Å². The zero-order chi connectivity index (χ0) is 17.8. The summed E-state index contributed by atoms with van der Waals surface area (Å²) in [6.45, 7) is 5.80. The lowest BCUT2D eigenvalue weighted by Crippen LogP contribution is -2.16. The van der Waals surface area contributed by atoms with Gasteiger partial charge in [-0.05, 0) is 31.8 Å². The molecule has 134 valence electrons. The predicted molar refractivity (Wildman–Crippen MR) is 92.4 cm³/mol. The van der Waals surface area contributed by atoms with Crippen molar-refractivity contribution in [3.05, 3.63) is 36.5 Å². The van der Waals surface area contributed by atoms with Crippen LogP contribution >= 0.6 is 0 Å². The zero-order valence-electron chi connectivity index (χ0n) is 14.7. The summed E-state index contributed by atoms with van der Waals surface area (Å²) >= 11 is 0. The molecule has 0 saturated heterocycles. The molecule has 0 aromatic rings. The van der Waals surface area contributed by atoms with Crippen LogP contribution in [0.1, 0.15) is 45.4 Å². The van der Waals surface area contributed by atoms with E-state index in [2.05, 4.69) is 11.3 Å². The number of hydrogen-bond donors (Lipinski definition) is 0. The highest BCUT2D eigenvalue weighted by molar-refractivity contribution is 5.91. The number of unbranched alkanes of at least 4 members (excludes halogenated alkanes) is 2. The van der Waals surface area contributed by atoms with Gasteiger partial charge in [-0.2, -0.15) is 0 Å². The molecular formula is C19H28O5. The third kappa shape index (κ3) is 8.11. The molecule has 0 bridgehead atoms. The van der Waals surface area contributed by atoms with E-state index in [9.17, 15) is 9.59 Å². The molecule has 1 aliphatic rings. The van der Waals surface area contributed by atoms with Crippen LogP contribution in [0.2, 0.25) is 0 Å². The van der Waals surface area contributed by atoms with Crippen molar-refractivity contribution in [2.75, 3.05) is 13.7 Å². The van der Waals surface area contributed by atoms with E-state index in [1.54, 1.807) is 12.2 Å². The van der Waals surface area contributed by atoms with Crippen molar-refractivity contribution in [1.29, 1.82) is 0 Å². The van der Waals surface area contributed by atoms with Crippen LogP contribution in [0.15, 0.2) is 36.5 Å². The Morgan fingerprint density at radius 3 is 2.75 bits per heavy atom. The van der Waals surface area contributed by atoms with Crippen molar-refractivity contribution in [2.45, 2.75) is 57.7 Å². The topological polar surface area (TPSA) is 61.8 Å². The van der Waals surface area contributed by atoms with Gasteiger partial charge in [0.25, 0.3) is 0 Å². The highest BCUT2D eigenvalue weighted by Crippen LogP contribution is 2.16. The zero-order valence-corrected chi connectivity index (χ0v) is 14.7. The molecule has 2 atom stereocenters. The Balaban J connectivity index is 2.11. The van der Waals surface area contributed by atoms with Crippen molar-refractivity contribution in [3.8, 4) is 0 Å². The van der Waals surface area contributed by atoms with Crippen molar-refractivity contribution >= 4 is 11.9 Å². The summed E-state index contributed by atoms with van der Waals surface area (Å²) in [5.41, 5.74) is 0.580. The second kappa shape index (κ2) is 11.6. The van der Waals surface area contributed by atoms with E-state index in [0.717, 1.165) is 25.7 Å². The fourth-order valence-corrected chi connectivity index (χ4v) is 2.52. The number of rotatable bonds is 11. The molecule has 0 aromatic heterocycles. The highest BCUT2D eigenvalue weighted by atomic mass is 16.5. The summed E-state index contributed by atoms with van der Waals surface area (Å²) in [5.74, 6) is -0.555. The van der Waals surface area contributed by atoms with Gasteiger partial charge in [-0.25, -0.2) is 4.79 Å². The summed E-state index contributed by atoms with van der Waals surface area (Å²) < 4.78 is 15.7. The van der Waals surface area contributed by atoms with E-state index in [4.69, 9.17) is 9.47 Å². The standard InChI is InChI=1S/C19H28O5/c1-4-8-18(24-15(2)20)9-6-5-7-14-23-17-12-10-16(11-13-17)19(21)22-3/h4,10-12,17-18H,1,5-9,13-14H2,2-3H3. The fourth-order valence-electron chi connectivity index (χ4n) is 2.52. The summed E-state index contributed by atoms with van der Waals surface area (Å²) in [5, 5.41) is 0. The molecule has 5 heteroatoms. The number of carbonyl (C=O) groups is 2. The lowest BCUT2D eigenvalue weighted by Gasteiger charge is -2.17. The van der Waals surface area contributed by atoms with Crippen LogP contribution in [0.25, 0.3) is 0 Å². The van der Waals surface area contributed by atoms with Crippen LogP contribution < -0.4 is 0 Å². The minimum Gasteiger partial charge on any atom is -0.465 e. The minimum absolute atomic E-state index is 0.0213. The Kier molecular flexibility index (Phi) is 9.77. The number of methoxy groups -OCH3 is 1. The molecule has 0 N–H and O–H groups in total. The molecule has 0 aliphatic heterocycles. The van der Waals surface area contributed by atoms with Crippen LogP contribution in [0.4, 0.5) is 0 Å². The average molecular weight is 336 g/mol. The quantitative estimate of drug-likeness (QED) is 0.328. The van der Waals surface area contributed by atoms with Crippen LogP contribution in [-0.2, 0) is 23.8 Å².